The van der Waals surface area contributed by atoms with Gasteiger partial charge in [-0.3, -0.25) is 0 Å². The Bertz CT molecular complexity index is 927. The second-order valence-corrected chi connectivity index (χ2v) is 8.30. The number of benzene rings is 2. The third-order valence-corrected chi connectivity index (χ3v) is 5.52. The van der Waals surface area contributed by atoms with E-state index in [9.17, 15) is 9.59 Å². The van der Waals surface area contributed by atoms with Crippen LogP contribution in [0.1, 0.15) is 25.8 Å². The number of methoxy groups -OCH3 is 1. The number of likely N-dealkylation sites (N-methyl/N-ethyl adjacent to an activating group) is 1. The molecule has 8 heteroatoms. The highest BCUT2D eigenvalue weighted by atomic mass is 16.5. The molecule has 1 aliphatic rings. The van der Waals surface area contributed by atoms with Gasteiger partial charge in [0.05, 0.1) is 19.8 Å². The molecule has 1 N–H and O–H groups in total. The van der Waals surface area contributed by atoms with Crippen LogP contribution in [-0.4, -0.2) is 65.9 Å². The van der Waals surface area contributed by atoms with E-state index in [1.165, 1.54) is 13.8 Å². The van der Waals surface area contributed by atoms with Crippen molar-refractivity contribution in [1.82, 2.24) is 9.80 Å². The van der Waals surface area contributed by atoms with E-state index in [0.717, 1.165) is 11.3 Å². The van der Waals surface area contributed by atoms with E-state index in [1.807, 2.05) is 36.2 Å². The largest absolute Gasteiger partial charge is 0.497 e. The predicted molar refractivity (Wildman–Crippen MR) is 119 cm³/mol. The Morgan fingerprint density at radius 2 is 1.66 bits per heavy atom. The van der Waals surface area contributed by atoms with Crippen molar-refractivity contribution in [3.63, 3.8) is 0 Å². The lowest BCUT2D eigenvalue weighted by molar-refractivity contribution is -0.152. The summed E-state index contributed by atoms with van der Waals surface area (Å²) in [5.41, 5.74) is -0.252. The van der Waals surface area contributed by atoms with Crippen LogP contribution in [0.15, 0.2) is 48.5 Å². The van der Waals surface area contributed by atoms with Gasteiger partial charge in [-0.05, 0) is 55.8 Å². The highest BCUT2D eigenvalue weighted by Gasteiger charge is 2.34. The smallest absolute Gasteiger partial charge is 0.347 e. The summed E-state index contributed by atoms with van der Waals surface area (Å²) in [6.07, 6.45) is 0.700. The van der Waals surface area contributed by atoms with Gasteiger partial charge >= 0.3 is 12.0 Å². The van der Waals surface area contributed by atoms with Crippen LogP contribution in [0.4, 0.5) is 4.79 Å². The number of carboxylic acid groups (broad SMARTS) is 1. The predicted octanol–water partition coefficient (Wildman–Crippen LogP) is 3.64. The Kier molecular flexibility index (Phi) is 7.12. The van der Waals surface area contributed by atoms with E-state index in [-0.39, 0.29) is 12.1 Å². The van der Waals surface area contributed by atoms with Crippen molar-refractivity contribution in [3.05, 3.63) is 54.1 Å². The molecule has 0 radical (unpaired) electrons. The molecule has 0 aliphatic carbocycles. The molecule has 2 amide bonds. The van der Waals surface area contributed by atoms with Gasteiger partial charge in [0.2, 0.25) is 0 Å². The second kappa shape index (κ2) is 9.80. The molecule has 2 aromatic carbocycles. The number of urea groups is 1. The molecule has 0 bridgehead atoms. The Balaban J connectivity index is 1.48. The first-order valence-corrected chi connectivity index (χ1v) is 10.5. The average Bonchev–Trinajstić information content (AvgIpc) is 3.03. The number of ether oxygens (including phenoxy) is 3. The fourth-order valence-corrected chi connectivity index (χ4v) is 3.46. The van der Waals surface area contributed by atoms with Crippen LogP contribution in [0.25, 0.3) is 0 Å². The molecule has 172 valence electrons. The van der Waals surface area contributed by atoms with E-state index < -0.39 is 11.6 Å². The van der Waals surface area contributed by atoms with E-state index in [1.54, 1.807) is 36.3 Å². The highest BCUT2D eigenvalue weighted by molar-refractivity contribution is 5.77. The lowest BCUT2D eigenvalue weighted by Crippen LogP contribution is -2.37. The summed E-state index contributed by atoms with van der Waals surface area (Å²) < 4.78 is 16.5. The van der Waals surface area contributed by atoms with Gasteiger partial charge in [0.15, 0.2) is 5.60 Å². The van der Waals surface area contributed by atoms with Crippen molar-refractivity contribution in [2.24, 2.45) is 0 Å². The minimum absolute atomic E-state index is 0.00775. The Labute approximate surface area is 188 Å². The number of hydrogen-bond acceptors (Lipinski definition) is 5. The number of nitrogens with zero attached hydrogens (tertiary/aromatic N) is 2. The van der Waals surface area contributed by atoms with Crippen molar-refractivity contribution < 1.29 is 28.9 Å². The molecule has 1 fully saturated rings. The zero-order valence-corrected chi connectivity index (χ0v) is 18.9. The summed E-state index contributed by atoms with van der Waals surface area (Å²) in [4.78, 5) is 27.4. The number of rotatable bonds is 10. The molecule has 1 unspecified atom stereocenters. The lowest BCUT2D eigenvalue weighted by atomic mass is 10.1. The Morgan fingerprint density at radius 1 is 1.06 bits per heavy atom. The number of carbonyl (C=O) groups excluding carboxylic acids is 1. The van der Waals surface area contributed by atoms with Crippen LogP contribution >= 0.6 is 0 Å². The van der Waals surface area contributed by atoms with Gasteiger partial charge in [-0.2, -0.15) is 0 Å². The molecule has 2 aromatic rings. The van der Waals surface area contributed by atoms with Gasteiger partial charge in [0.1, 0.15) is 17.2 Å². The fraction of sp³-hybridized carbons (Fsp3) is 0.417. The lowest BCUT2D eigenvalue weighted by Gasteiger charge is -2.21. The molecule has 0 spiro atoms. The number of aliphatic carboxylic acids is 1. The maximum Gasteiger partial charge on any atom is 0.347 e. The molecule has 32 heavy (non-hydrogen) atoms. The fourth-order valence-electron chi connectivity index (χ4n) is 3.46. The molecule has 8 nitrogen and oxygen atoms in total. The van der Waals surface area contributed by atoms with Crippen LogP contribution < -0.4 is 14.2 Å². The summed E-state index contributed by atoms with van der Waals surface area (Å²) in [7, 11) is 3.44. The zero-order chi connectivity index (χ0) is 23.3. The topological polar surface area (TPSA) is 88.5 Å². The van der Waals surface area contributed by atoms with E-state index >= 15 is 0 Å². The van der Waals surface area contributed by atoms with Crippen LogP contribution in [0.3, 0.4) is 0 Å². The first-order chi connectivity index (χ1) is 15.2. The maximum atomic E-state index is 12.6. The summed E-state index contributed by atoms with van der Waals surface area (Å²) >= 11 is 0. The van der Waals surface area contributed by atoms with Gasteiger partial charge in [0.25, 0.3) is 0 Å². The average molecular weight is 443 g/mol. The highest BCUT2D eigenvalue weighted by Crippen LogP contribution is 2.24. The summed E-state index contributed by atoms with van der Waals surface area (Å²) in [6.45, 7) is 4.65. The normalized spacial score (nSPS) is 16.2. The Hall–Kier alpha value is -3.42. The minimum atomic E-state index is -1.31. The molecule has 0 aromatic heterocycles. The first kappa shape index (κ1) is 23.2. The maximum absolute atomic E-state index is 12.6. The number of amides is 2. The van der Waals surface area contributed by atoms with Gasteiger partial charge < -0.3 is 29.1 Å². The number of carbonyl (C=O) groups is 2. The van der Waals surface area contributed by atoms with Gasteiger partial charge in [-0.25, -0.2) is 9.59 Å². The minimum Gasteiger partial charge on any atom is -0.497 e. The van der Waals surface area contributed by atoms with Crippen molar-refractivity contribution in [2.75, 3.05) is 27.3 Å². The number of carboxylic acids is 1. The first-order valence-electron chi connectivity index (χ1n) is 10.5. The van der Waals surface area contributed by atoms with Crippen molar-refractivity contribution in [1.29, 1.82) is 0 Å². The number of hydrogen-bond donors (Lipinski definition) is 1. The monoisotopic (exact) mass is 442 g/mol. The standard InChI is InChI=1S/C24H30N2O6/c1-24(2,22(27)28)32-21-11-9-20(10-12-21)31-14-13-18-16-26(23(29)25(18)3)15-17-5-7-19(30-4)8-6-17/h5-12,18H,13-16H2,1-4H3,(H,27,28). The van der Waals surface area contributed by atoms with Gasteiger partial charge in [-0.15, -0.1) is 0 Å². The third kappa shape index (κ3) is 5.63. The van der Waals surface area contributed by atoms with Crippen molar-refractivity contribution >= 4 is 12.0 Å². The molecule has 1 aliphatic heterocycles. The van der Waals surface area contributed by atoms with E-state index in [0.29, 0.717) is 37.6 Å². The molecule has 3 rings (SSSR count). The molecular formula is C24H30N2O6. The van der Waals surface area contributed by atoms with Crippen molar-refractivity contribution in [3.8, 4) is 17.2 Å². The van der Waals surface area contributed by atoms with E-state index in [4.69, 9.17) is 19.3 Å². The Morgan fingerprint density at radius 3 is 2.25 bits per heavy atom. The van der Waals surface area contributed by atoms with E-state index in [2.05, 4.69) is 0 Å². The molecule has 1 atom stereocenters. The molecule has 1 heterocycles. The SMILES string of the molecule is COc1ccc(CN2CC(CCOc3ccc(OC(C)(C)C(=O)O)cc3)N(C)C2=O)cc1. The van der Waals surface area contributed by atoms with Crippen LogP contribution in [0, 0.1) is 0 Å². The van der Waals surface area contributed by atoms with Crippen LogP contribution in [0.5, 0.6) is 17.2 Å². The summed E-state index contributed by atoms with van der Waals surface area (Å²) in [5, 5.41) is 9.15. The summed E-state index contributed by atoms with van der Waals surface area (Å²) in [5.74, 6) is 0.875. The summed E-state index contributed by atoms with van der Waals surface area (Å²) in [6, 6.07) is 14.6. The molecule has 0 saturated carbocycles. The molecular weight excluding hydrogens is 412 g/mol. The molecule has 1 saturated heterocycles. The van der Waals surface area contributed by atoms with Gasteiger partial charge in [0, 0.05) is 26.6 Å². The van der Waals surface area contributed by atoms with Gasteiger partial charge in [-0.1, -0.05) is 12.1 Å². The second-order valence-electron chi connectivity index (χ2n) is 8.30. The zero-order valence-electron chi connectivity index (χ0n) is 18.9. The van der Waals surface area contributed by atoms with Crippen molar-refractivity contribution in [2.45, 2.75) is 38.5 Å². The van der Waals surface area contributed by atoms with Crippen LogP contribution in [-0.2, 0) is 11.3 Å². The quantitative estimate of drug-likeness (QED) is 0.604. The third-order valence-electron chi connectivity index (χ3n) is 5.52. The van der Waals surface area contributed by atoms with Crippen LogP contribution in [0.2, 0.25) is 0 Å².